The van der Waals surface area contributed by atoms with Crippen LogP contribution in [-0.4, -0.2) is 68.1 Å². The van der Waals surface area contributed by atoms with Gasteiger partial charge in [0.1, 0.15) is 24.6 Å². The van der Waals surface area contributed by atoms with E-state index in [0.717, 1.165) is 25.7 Å². The average Bonchev–Trinajstić information content (AvgIpc) is 2.66. The van der Waals surface area contributed by atoms with Crippen molar-refractivity contribution in [2.45, 2.75) is 84.4 Å². The highest BCUT2D eigenvalue weighted by Gasteiger charge is 2.50. The summed E-state index contributed by atoms with van der Waals surface area (Å²) >= 11 is 0. The molecule has 1 heterocycles. The maximum Gasteiger partial charge on any atom is 0.303 e. The van der Waals surface area contributed by atoms with E-state index >= 15 is 0 Å². The second kappa shape index (κ2) is 14.1. The summed E-state index contributed by atoms with van der Waals surface area (Å²) in [6.07, 6.45) is -0.325. The van der Waals surface area contributed by atoms with Crippen LogP contribution in [-0.2, 0) is 42.9 Å². The molecular weight excluding hydrogens is 410 g/mol. The van der Waals surface area contributed by atoms with E-state index in [9.17, 15) is 19.2 Å². The van der Waals surface area contributed by atoms with Crippen LogP contribution >= 0.6 is 0 Å². The highest BCUT2D eigenvalue weighted by molar-refractivity contribution is 5.76. The lowest BCUT2D eigenvalue weighted by Gasteiger charge is -2.44. The van der Waals surface area contributed by atoms with Crippen molar-refractivity contribution in [1.82, 2.24) is 0 Å². The van der Waals surface area contributed by atoms with Crippen molar-refractivity contribution in [3.63, 3.8) is 0 Å². The Morgan fingerprint density at radius 2 is 1.45 bits per heavy atom. The first kappa shape index (κ1) is 27.0. The summed E-state index contributed by atoms with van der Waals surface area (Å²) in [6.45, 7) is 5.83. The molecule has 0 aromatic heterocycles. The van der Waals surface area contributed by atoms with Crippen molar-refractivity contribution >= 4 is 23.7 Å². The van der Waals surface area contributed by atoms with Crippen molar-refractivity contribution in [2.75, 3.05) is 19.8 Å². The summed E-state index contributed by atoms with van der Waals surface area (Å²) in [7, 11) is 0. The Hall–Kier alpha value is -2.04. The normalized spacial score (nSPS) is 25.5. The zero-order valence-corrected chi connectivity index (χ0v) is 18.8. The minimum Gasteiger partial charge on any atom is -0.463 e. The molecule has 0 aliphatic carbocycles. The van der Waals surface area contributed by atoms with Crippen LogP contribution in [0.5, 0.6) is 0 Å². The Labute approximate surface area is 183 Å². The smallest absolute Gasteiger partial charge is 0.303 e. The van der Waals surface area contributed by atoms with Crippen LogP contribution < -0.4 is 5.73 Å². The van der Waals surface area contributed by atoms with E-state index in [4.69, 9.17) is 29.4 Å². The topological polar surface area (TPSA) is 140 Å². The Balaban J connectivity index is 3.07. The zero-order chi connectivity index (χ0) is 23.4. The van der Waals surface area contributed by atoms with Crippen LogP contribution in [0.3, 0.4) is 0 Å². The molecule has 0 aromatic carbocycles. The van der Waals surface area contributed by atoms with Crippen LogP contribution in [0.1, 0.15) is 59.8 Å². The molecule has 0 spiro atoms. The summed E-state index contributed by atoms with van der Waals surface area (Å²) in [5.74, 6) is -2.63. The van der Waals surface area contributed by atoms with Gasteiger partial charge in [-0.25, -0.2) is 0 Å². The SMILES string of the molecule is CC(=O)C[C@H]1[C@H](OCCCCCCN)O[C@H](COC(C)=O)[C@H](OC(C)=O)[C@@H]1OC(C)=O. The fraction of sp³-hybridized carbons (Fsp3) is 0.810. The average molecular weight is 446 g/mol. The van der Waals surface area contributed by atoms with Crippen LogP contribution in [0, 0.1) is 5.92 Å². The zero-order valence-electron chi connectivity index (χ0n) is 18.8. The van der Waals surface area contributed by atoms with Crippen LogP contribution in [0.4, 0.5) is 0 Å². The van der Waals surface area contributed by atoms with Crippen molar-refractivity contribution in [1.29, 1.82) is 0 Å². The van der Waals surface area contributed by atoms with E-state index in [1.54, 1.807) is 0 Å². The number of unbranched alkanes of at least 4 members (excludes halogenated alkanes) is 3. The second-order valence-electron chi connectivity index (χ2n) is 7.64. The van der Waals surface area contributed by atoms with E-state index in [1.807, 2.05) is 0 Å². The Bertz CT molecular complexity index is 610. The quantitative estimate of drug-likeness (QED) is 0.250. The lowest BCUT2D eigenvalue weighted by molar-refractivity contribution is -0.291. The van der Waals surface area contributed by atoms with Gasteiger partial charge in [0.2, 0.25) is 0 Å². The molecule has 10 nitrogen and oxygen atoms in total. The van der Waals surface area contributed by atoms with Gasteiger partial charge in [0.25, 0.3) is 0 Å². The molecule has 1 aliphatic heterocycles. The summed E-state index contributed by atoms with van der Waals surface area (Å²) in [5, 5.41) is 0. The summed E-state index contributed by atoms with van der Waals surface area (Å²) in [5.41, 5.74) is 5.50. The summed E-state index contributed by atoms with van der Waals surface area (Å²) in [4.78, 5) is 46.7. The lowest BCUT2D eigenvalue weighted by Crippen LogP contribution is -2.59. The van der Waals surface area contributed by atoms with E-state index < -0.39 is 48.4 Å². The second-order valence-corrected chi connectivity index (χ2v) is 7.64. The highest BCUT2D eigenvalue weighted by Crippen LogP contribution is 2.34. The molecule has 2 N–H and O–H groups in total. The number of ketones is 1. The van der Waals surface area contributed by atoms with Gasteiger partial charge < -0.3 is 34.2 Å². The van der Waals surface area contributed by atoms with Gasteiger partial charge in [0.15, 0.2) is 12.4 Å². The summed E-state index contributed by atoms with van der Waals surface area (Å²) in [6, 6.07) is 0. The molecule has 178 valence electrons. The van der Waals surface area contributed by atoms with E-state index in [1.165, 1.54) is 27.7 Å². The van der Waals surface area contributed by atoms with Crippen LogP contribution in [0.25, 0.3) is 0 Å². The number of rotatable bonds is 13. The predicted octanol–water partition coefficient (Wildman–Crippen LogP) is 1.27. The Morgan fingerprint density at radius 3 is 2.00 bits per heavy atom. The van der Waals surface area contributed by atoms with Crippen molar-refractivity contribution in [3.8, 4) is 0 Å². The number of hydrogen-bond donors (Lipinski definition) is 1. The Morgan fingerprint density at radius 1 is 0.839 bits per heavy atom. The number of Topliss-reactive ketones (excluding diaryl/α,β-unsaturated/α-hetero) is 1. The molecule has 0 saturated carbocycles. The van der Waals surface area contributed by atoms with Gasteiger partial charge in [-0.05, 0) is 26.3 Å². The number of carbonyl (C=O) groups is 4. The molecule has 31 heavy (non-hydrogen) atoms. The predicted molar refractivity (Wildman–Crippen MR) is 109 cm³/mol. The van der Waals surface area contributed by atoms with Crippen LogP contribution in [0.15, 0.2) is 0 Å². The van der Waals surface area contributed by atoms with E-state index in [-0.39, 0.29) is 18.8 Å². The Kier molecular flexibility index (Phi) is 12.3. The summed E-state index contributed by atoms with van der Waals surface area (Å²) < 4.78 is 27.7. The number of carbonyl (C=O) groups excluding carboxylic acids is 4. The molecule has 0 bridgehead atoms. The third kappa shape index (κ3) is 10.2. The number of esters is 3. The highest BCUT2D eigenvalue weighted by atomic mass is 16.7. The first-order valence-corrected chi connectivity index (χ1v) is 10.6. The maximum atomic E-state index is 11.9. The monoisotopic (exact) mass is 445 g/mol. The molecular formula is C21H35NO9. The van der Waals surface area contributed by atoms with E-state index in [2.05, 4.69) is 0 Å². The molecule has 0 unspecified atom stereocenters. The fourth-order valence-corrected chi connectivity index (χ4v) is 3.48. The number of hydrogen-bond acceptors (Lipinski definition) is 10. The molecule has 1 rings (SSSR count). The molecule has 0 amide bonds. The van der Waals surface area contributed by atoms with Gasteiger partial charge in [-0.15, -0.1) is 0 Å². The lowest BCUT2D eigenvalue weighted by atomic mass is 9.86. The van der Waals surface area contributed by atoms with Crippen molar-refractivity contribution < 1.29 is 42.9 Å². The number of ether oxygens (including phenoxy) is 5. The van der Waals surface area contributed by atoms with Crippen molar-refractivity contribution in [2.24, 2.45) is 11.7 Å². The molecule has 1 saturated heterocycles. The van der Waals surface area contributed by atoms with Crippen molar-refractivity contribution in [3.05, 3.63) is 0 Å². The standard InChI is InChI=1S/C21H35NO9/c1-13(23)11-17-19(29-15(3)25)20(30-16(4)26)18(12-28-14(2)24)31-21(17)27-10-8-6-5-7-9-22/h17-21H,5-12,22H2,1-4H3/t17-,18-,19-,20+,21-/m1/s1. The molecule has 0 aromatic rings. The maximum absolute atomic E-state index is 11.9. The molecule has 1 aliphatic rings. The van der Waals surface area contributed by atoms with Gasteiger partial charge in [0.05, 0.1) is 5.92 Å². The minimum absolute atomic E-state index is 0.00611. The van der Waals surface area contributed by atoms with Gasteiger partial charge in [-0.3, -0.25) is 14.4 Å². The third-order valence-corrected chi connectivity index (χ3v) is 4.73. The van der Waals surface area contributed by atoms with Crippen LogP contribution in [0.2, 0.25) is 0 Å². The molecule has 1 fully saturated rings. The first-order valence-electron chi connectivity index (χ1n) is 10.6. The fourth-order valence-electron chi connectivity index (χ4n) is 3.48. The third-order valence-electron chi connectivity index (χ3n) is 4.73. The van der Waals surface area contributed by atoms with Gasteiger partial charge in [-0.2, -0.15) is 0 Å². The van der Waals surface area contributed by atoms with E-state index in [0.29, 0.717) is 13.2 Å². The molecule has 0 radical (unpaired) electrons. The van der Waals surface area contributed by atoms with Gasteiger partial charge in [0, 0.05) is 33.8 Å². The van der Waals surface area contributed by atoms with Gasteiger partial charge in [-0.1, -0.05) is 12.8 Å². The minimum atomic E-state index is -1.06. The molecule has 5 atom stereocenters. The first-order chi connectivity index (χ1) is 14.6. The largest absolute Gasteiger partial charge is 0.463 e. The molecule has 10 heteroatoms. The van der Waals surface area contributed by atoms with Gasteiger partial charge >= 0.3 is 17.9 Å². The number of nitrogens with two attached hydrogens (primary N) is 1.